The Bertz CT molecular complexity index is 790. The molecule has 0 atom stereocenters. The Balaban J connectivity index is 2.09. The molecule has 1 aliphatic heterocycles. The lowest BCUT2D eigenvalue weighted by Crippen LogP contribution is -2.35. The van der Waals surface area contributed by atoms with E-state index in [1.165, 1.54) is 22.5 Å². The molecule has 4 nitrogen and oxygen atoms in total. The number of halogens is 1. The summed E-state index contributed by atoms with van der Waals surface area (Å²) in [5.74, 6) is 0. The van der Waals surface area contributed by atoms with Crippen molar-refractivity contribution >= 4 is 33.0 Å². The third kappa shape index (κ3) is 2.47. The standard InChI is InChI=1S/C15H15ClN2O2S/c16-13-8-7-12(10-14(13)17)21(19,20)18-9-3-5-11-4-1-2-6-15(11)18/h1-2,4,6-8,10H,3,5,9,17H2. The van der Waals surface area contributed by atoms with E-state index in [1.807, 2.05) is 24.3 Å². The summed E-state index contributed by atoms with van der Waals surface area (Å²) in [6, 6.07) is 12.0. The molecule has 110 valence electrons. The van der Waals surface area contributed by atoms with Crippen molar-refractivity contribution in [1.29, 1.82) is 0 Å². The van der Waals surface area contributed by atoms with Crippen LogP contribution in [0.4, 0.5) is 11.4 Å². The molecule has 1 aliphatic rings. The predicted octanol–water partition coefficient (Wildman–Crippen LogP) is 3.06. The van der Waals surface area contributed by atoms with Crippen molar-refractivity contribution in [2.75, 3.05) is 16.6 Å². The number of anilines is 2. The van der Waals surface area contributed by atoms with Gasteiger partial charge in [-0.2, -0.15) is 0 Å². The molecule has 0 bridgehead atoms. The maximum Gasteiger partial charge on any atom is 0.264 e. The minimum Gasteiger partial charge on any atom is -0.397 e. The highest BCUT2D eigenvalue weighted by molar-refractivity contribution is 7.92. The fourth-order valence-electron chi connectivity index (χ4n) is 2.56. The Morgan fingerprint density at radius 3 is 2.67 bits per heavy atom. The van der Waals surface area contributed by atoms with Crippen LogP contribution in [0.5, 0.6) is 0 Å². The van der Waals surface area contributed by atoms with Gasteiger partial charge in [0.1, 0.15) is 0 Å². The number of aryl methyl sites for hydroxylation is 1. The Morgan fingerprint density at radius 1 is 1.14 bits per heavy atom. The number of nitrogen functional groups attached to an aromatic ring is 1. The highest BCUT2D eigenvalue weighted by atomic mass is 35.5. The van der Waals surface area contributed by atoms with Crippen molar-refractivity contribution in [3.63, 3.8) is 0 Å². The summed E-state index contributed by atoms with van der Waals surface area (Å²) in [7, 11) is -3.62. The van der Waals surface area contributed by atoms with Crippen molar-refractivity contribution in [3.8, 4) is 0 Å². The van der Waals surface area contributed by atoms with Crippen molar-refractivity contribution in [2.24, 2.45) is 0 Å². The topological polar surface area (TPSA) is 63.4 Å². The van der Waals surface area contributed by atoms with Crippen LogP contribution in [0.15, 0.2) is 47.4 Å². The largest absolute Gasteiger partial charge is 0.397 e. The molecule has 0 aliphatic carbocycles. The second-order valence-corrected chi connectivity index (χ2v) is 7.26. The fourth-order valence-corrected chi connectivity index (χ4v) is 4.25. The Hall–Kier alpha value is -1.72. The molecule has 0 unspecified atom stereocenters. The molecule has 3 rings (SSSR count). The van der Waals surface area contributed by atoms with Gasteiger partial charge in [-0.15, -0.1) is 0 Å². The van der Waals surface area contributed by atoms with Crippen LogP contribution in [-0.4, -0.2) is 15.0 Å². The Morgan fingerprint density at radius 2 is 1.90 bits per heavy atom. The SMILES string of the molecule is Nc1cc(S(=O)(=O)N2CCCc3ccccc32)ccc1Cl. The van der Waals surface area contributed by atoms with Crippen LogP contribution in [0.1, 0.15) is 12.0 Å². The summed E-state index contributed by atoms with van der Waals surface area (Å²) >= 11 is 5.86. The summed E-state index contributed by atoms with van der Waals surface area (Å²) in [6.07, 6.45) is 1.70. The van der Waals surface area contributed by atoms with E-state index < -0.39 is 10.0 Å². The second kappa shape index (κ2) is 5.24. The lowest BCUT2D eigenvalue weighted by Gasteiger charge is -2.30. The van der Waals surface area contributed by atoms with Crippen molar-refractivity contribution in [1.82, 2.24) is 0 Å². The molecule has 0 fully saturated rings. The first-order valence-corrected chi connectivity index (χ1v) is 8.47. The Kier molecular flexibility index (Phi) is 3.55. The van der Waals surface area contributed by atoms with Gasteiger partial charge in [-0.3, -0.25) is 4.31 Å². The molecule has 0 aromatic heterocycles. The summed E-state index contributed by atoms with van der Waals surface area (Å²) in [5.41, 5.74) is 7.79. The number of benzene rings is 2. The normalized spacial score (nSPS) is 14.8. The van der Waals surface area contributed by atoms with E-state index in [4.69, 9.17) is 17.3 Å². The Labute approximate surface area is 129 Å². The second-order valence-electron chi connectivity index (χ2n) is 4.99. The van der Waals surface area contributed by atoms with E-state index in [2.05, 4.69) is 0 Å². The van der Waals surface area contributed by atoms with Gasteiger partial charge in [-0.1, -0.05) is 29.8 Å². The van der Waals surface area contributed by atoms with Crippen LogP contribution in [-0.2, 0) is 16.4 Å². The fraction of sp³-hybridized carbons (Fsp3) is 0.200. The molecule has 0 saturated carbocycles. The average Bonchev–Trinajstić information content (AvgIpc) is 2.49. The van der Waals surface area contributed by atoms with E-state index in [-0.39, 0.29) is 10.6 Å². The van der Waals surface area contributed by atoms with E-state index in [9.17, 15) is 8.42 Å². The predicted molar refractivity (Wildman–Crippen MR) is 85.2 cm³/mol. The molecule has 21 heavy (non-hydrogen) atoms. The summed E-state index contributed by atoms with van der Waals surface area (Å²) in [6.45, 7) is 0.474. The monoisotopic (exact) mass is 322 g/mol. The zero-order chi connectivity index (χ0) is 15.0. The first-order chi connectivity index (χ1) is 10.00. The van der Waals surface area contributed by atoms with Gasteiger partial charge in [0.15, 0.2) is 0 Å². The minimum absolute atomic E-state index is 0.168. The number of sulfonamides is 1. The smallest absolute Gasteiger partial charge is 0.264 e. The van der Waals surface area contributed by atoms with E-state index in [0.29, 0.717) is 11.6 Å². The molecular weight excluding hydrogens is 308 g/mol. The van der Waals surface area contributed by atoms with E-state index in [0.717, 1.165) is 24.1 Å². The molecule has 0 saturated heterocycles. The molecular formula is C15H15ClN2O2S. The van der Waals surface area contributed by atoms with Crippen LogP contribution in [0.3, 0.4) is 0 Å². The van der Waals surface area contributed by atoms with Crippen molar-refractivity contribution < 1.29 is 8.42 Å². The lowest BCUT2D eigenvalue weighted by atomic mass is 10.0. The third-order valence-corrected chi connectivity index (χ3v) is 5.78. The van der Waals surface area contributed by atoms with E-state index >= 15 is 0 Å². The zero-order valence-electron chi connectivity index (χ0n) is 11.3. The van der Waals surface area contributed by atoms with Gasteiger partial charge in [0.05, 0.1) is 21.3 Å². The third-order valence-electron chi connectivity index (χ3n) is 3.62. The molecule has 0 radical (unpaired) electrons. The van der Waals surface area contributed by atoms with Crippen LogP contribution in [0, 0.1) is 0 Å². The summed E-state index contributed by atoms with van der Waals surface area (Å²) in [4.78, 5) is 0.168. The molecule has 1 heterocycles. The number of fused-ring (bicyclic) bond motifs is 1. The lowest BCUT2D eigenvalue weighted by molar-refractivity contribution is 0.586. The molecule has 2 N–H and O–H groups in total. The number of hydrogen-bond donors (Lipinski definition) is 1. The maximum absolute atomic E-state index is 12.8. The van der Waals surface area contributed by atoms with Gasteiger partial charge in [-0.05, 0) is 42.7 Å². The number of nitrogens with zero attached hydrogens (tertiary/aromatic N) is 1. The first kappa shape index (κ1) is 14.2. The van der Waals surface area contributed by atoms with Crippen molar-refractivity contribution in [2.45, 2.75) is 17.7 Å². The van der Waals surface area contributed by atoms with Crippen molar-refractivity contribution in [3.05, 3.63) is 53.1 Å². The molecule has 6 heteroatoms. The molecule has 0 amide bonds. The van der Waals surface area contributed by atoms with Gasteiger partial charge in [0.25, 0.3) is 10.0 Å². The molecule has 2 aromatic rings. The maximum atomic E-state index is 12.8. The number of para-hydroxylation sites is 1. The minimum atomic E-state index is -3.62. The number of hydrogen-bond acceptors (Lipinski definition) is 3. The van der Waals surface area contributed by atoms with Crippen LogP contribution in [0.2, 0.25) is 5.02 Å². The van der Waals surface area contributed by atoms with Gasteiger partial charge in [-0.25, -0.2) is 8.42 Å². The number of nitrogens with two attached hydrogens (primary N) is 1. The highest BCUT2D eigenvalue weighted by Gasteiger charge is 2.29. The zero-order valence-corrected chi connectivity index (χ0v) is 12.9. The van der Waals surface area contributed by atoms with Crippen LogP contribution < -0.4 is 10.0 Å². The molecule has 0 spiro atoms. The first-order valence-electron chi connectivity index (χ1n) is 6.66. The highest BCUT2D eigenvalue weighted by Crippen LogP contribution is 2.33. The van der Waals surface area contributed by atoms with Gasteiger partial charge < -0.3 is 5.73 Å². The summed E-state index contributed by atoms with van der Waals surface area (Å²) in [5, 5.41) is 0.355. The van der Waals surface area contributed by atoms with Gasteiger partial charge in [0, 0.05) is 6.54 Å². The molecule has 2 aromatic carbocycles. The summed E-state index contributed by atoms with van der Waals surface area (Å²) < 4.78 is 27.1. The number of rotatable bonds is 2. The quantitative estimate of drug-likeness (QED) is 0.864. The van der Waals surface area contributed by atoms with Crippen LogP contribution in [0.25, 0.3) is 0 Å². The van der Waals surface area contributed by atoms with Crippen LogP contribution >= 0.6 is 11.6 Å². The average molecular weight is 323 g/mol. The van der Waals surface area contributed by atoms with Gasteiger partial charge in [0.2, 0.25) is 0 Å². The van der Waals surface area contributed by atoms with E-state index in [1.54, 1.807) is 0 Å². The van der Waals surface area contributed by atoms with Gasteiger partial charge >= 0.3 is 0 Å².